The van der Waals surface area contributed by atoms with E-state index in [-0.39, 0.29) is 0 Å². The highest BCUT2D eigenvalue weighted by atomic mass is 14.9. The van der Waals surface area contributed by atoms with Crippen LogP contribution < -0.4 is 5.32 Å². The number of nitriles is 1. The van der Waals surface area contributed by atoms with Crippen molar-refractivity contribution in [1.82, 2.24) is 0 Å². The van der Waals surface area contributed by atoms with E-state index in [1.807, 2.05) is 12.1 Å². The molecular weight excluding hydrogens is 220 g/mol. The number of benzene rings is 1. The van der Waals surface area contributed by atoms with Gasteiger partial charge < -0.3 is 5.32 Å². The van der Waals surface area contributed by atoms with Gasteiger partial charge in [0.05, 0.1) is 11.3 Å². The van der Waals surface area contributed by atoms with E-state index < -0.39 is 0 Å². The lowest BCUT2D eigenvalue weighted by molar-refractivity contribution is 0.229. The Bertz CT molecular complexity index is 468. The zero-order valence-corrected chi connectivity index (χ0v) is 11.6. The topological polar surface area (TPSA) is 35.8 Å². The second-order valence-electron chi connectivity index (χ2n) is 6.26. The van der Waals surface area contributed by atoms with E-state index in [9.17, 15) is 0 Å². The molecular formula is C16H22N2. The van der Waals surface area contributed by atoms with Crippen LogP contribution in [0.5, 0.6) is 0 Å². The summed E-state index contributed by atoms with van der Waals surface area (Å²) < 4.78 is 0. The van der Waals surface area contributed by atoms with Crippen LogP contribution in [0, 0.1) is 23.7 Å². The van der Waals surface area contributed by atoms with Gasteiger partial charge >= 0.3 is 0 Å². The van der Waals surface area contributed by atoms with Crippen molar-refractivity contribution < 1.29 is 0 Å². The third-order valence-corrected chi connectivity index (χ3v) is 3.86. The van der Waals surface area contributed by atoms with Crippen LogP contribution in [0.4, 0.5) is 5.69 Å². The summed E-state index contributed by atoms with van der Waals surface area (Å²) in [5.41, 5.74) is 3.38. The first kappa shape index (κ1) is 13.0. The van der Waals surface area contributed by atoms with Crippen LogP contribution in [0.1, 0.15) is 50.7 Å². The van der Waals surface area contributed by atoms with E-state index in [2.05, 4.69) is 38.2 Å². The van der Waals surface area contributed by atoms with Crippen molar-refractivity contribution in [2.45, 2.75) is 52.5 Å². The number of nitrogens with zero attached hydrogens (tertiary/aromatic N) is 1. The van der Waals surface area contributed by atoms with Gasteiger partial charge in [0, 0.05) is 6.04 Å². The van der Waals surface area contributed by atoms with Gasteiger partial charge in [-0.3, -0.25) is 0 Å². The Hall–Kier alpha value is -1.49. The average molecular weight is 242 g/mol. The highest BCUT2D eigenvalue weighted by Crippen LogP contribution is 2.36. The highest BCUT2D eigenvalue weighted by Gasteiger charge is 2.28. The van der Waals surface area contributed by atoms with Gasteiger partial charge in [0.25, 0.3) is 0 Å². The highest BCUT2D eigenvalue weighted by molar-refractivity contribution is 5.59. The molecule has 1 saturated carbocycles. The molecule has 0 aliphatic heterocycles. The van der Waals surface area contributed by atoms with Gasteiger partial charge in [0.1, 0.15) is 6.07 Å². The minimum Gasteiger partial charge on any atom is -0.381 e. The van der Waals surface area contributed by atoms with Crippen molar-refractivity contribution in [3.8, 4) is 6.07 Å². The lowest BCUT2D eigenvalue weighted by Gasteiger charge is -2.36. The molecule has 2 nitrogen and oxygen atoms in total. The smallest absolute Gasteiger partial charge is 0.101 e. The summed E-state index contributed by atoms with van der Waals surface area (Å²) in [5, 5.41) is 12.7. The number of rotatable bonds is 2. The molecule has 1 unspecified atom stereocenters. The molecule has 0 spiro atoms. The van der Waals surface area contributed by atoms with E-state index in [4.69, 9.17) is 5.26 Å². The minimum absolute atomic E-state index is 0.423. The number of hydrogen-bond acceptors (Lipinski definition) is 2. The Morgan fingerprint density at radius 2 is 2.17 bits per heavy atom. The molecule has 1 aliphatic carbocycles. The van der Waals surface area contributed by atoms with Gasteiger partial charge in [0.2, 0.25) is 0 Å². The first-order valence-corrected chi connectivity index (χ1v) is 6.77. The van der Waals surface area contributed by atoms with Gasteiger partial charge in [-0.05, 0) is 49.3 Å². The van der Waals surface area contributed by atoms with Crippen molar-refractivity contribution in [3.63, 3.8) is 0 Å². The van der Waals surface area contributed by atoms with Crippen molar-refractivity contribution >= 4 is 5.69 Å². The lowest BCUT2D eigenvalue weighted by Crippen LogP contribution is -2.32. The SMILES string of the molecule is Cc1ccc(C#N)c(NC2CCCC(C)(C)C2)c1. The van der Waals surface area contributed by atoms with Crippen LogP contribution in [-0.4, -0.2) is 6.04 Å². The summed E-state index contributed by atoms with van der Waals surface area (Å²) in [6.07, 6.45) is 4.98. The second kappa shape index (κ2) is 5.02. The maximum atomic E-state index is 9.15. The Morgan fingerprint density at radius 1 is 1.39 bits per heavy atom. The van der Waals surface area contributed by atoms with Crippen molar-refractivity contribution in [2.75, 3.05) is 5.32 Å². The zero-order valence-electron chi connectivity index (χ0n) is 11.6. The van der Waals surface area contributed by atoms with Crippen LogP contribution in [0.3, 0.4) is 0 Å². The fraction of sp³-hybridized carbons (Fsp3) is 0.562. The Labute approximate surface area is 110 Å². The number of nitrogens with one attached hydrogen (secondary N) is 1. The molecule has 2 heteroatoms. The number of aryl methyl sites for hydroxylation is 1. The molecule has 0 heterocycles. The lowest BCUT2D eigenvalue weighted by atomic mass is 9.75. The van der Waals surface area contributed by atoms with Crippen molar-refractivity contribution in [3.05, 3.63) is 29.3 Å². The van der Waals surface area contributed by atoms with E-state index in [0.717, 1.165) is 11.3 Å². The third kappa shape index (κ3) is 3.04. The van der Waals surface area contributed by atoms with Crippen LogP contribution >= 0.6 is 0 Å². The molecule has 0 bridgehead atoms. The van der Waals surface area contributed by atoms with Gasteiger partial charge in [0.15, 0.2) is 0 Å². The fourth-order valence-corrected chi connectivity index (χ4v) is 2.92. The van der Waals surface area contributed by atoms with Crippen molar-refractivity contribution in [1.29, 1.82) is 5.26 Å². The monoisotopic (exact) mass is 242 g/mol. The van der Waals surface area contributed by atoms with E-state index in [0.29, 0.717) is 11.5 Å². The molecule has 1 aliphatic rings. The van der Waals surface area contributed by atoms with Gasteiger partial charge in [-0.25, -0.2) is 0 Å². The molecule has 0 amide bonds. The van der Waals surface area contributed by atoms with Gasteiger partial charge in [-0.2, -0.15) is 5.26 Å². The van der Waals surface area contributed by atoms with Crippen LogP contribution in [-0.2, 0) is 0 Å². The van der Waals surface area contributed by atoms with E-state index in [1.165, 1.54) is 31.2 Å². The molecule has 0 saturated heterocycles. The second-order valence-corrected chi connectivity index (χ2v) is 6.26. The average Bonchev–Trinajstić information content (AvgIpc) is 2.28. The quantitative estimate of drug-likeness (QED) is 0.841. The minimum atomic E-state index is 0.423. The van der Waals surface area contributed by atoms with E-state index in [1.54, 1.807) is 0 Å². The zero-order chi connectivity index (χ0) is 13.2. The van der Waals surface area contributed by atoms with Crippen LogP contribution in [0.25, 0.3) is 0 Å². The Kier molecular flexibility index (Phi) is 3.61. The molecule has 1 aromatic rings. The summed E-state index contributed by atoms with van der Waals surface area (Å²) in [7, 11) is 0. The maximum Gasteiger partial charge on any atom is 0.101 e. The normalized spacial score (nSPS) is 22.2. The predicted octanol–water partition coefficient (Wildman–Crippen LogP) is 4.25. The molecule has 1 fully saturated rings. The van der Waals surface area contributed by atoms with E-state index >= 15 is 0 Å². The Morgan fingerprint density at radius 3 is 2.83 bits per heavy atom. The number of anilines is 1. The standard InChI is InChI=1S/C16H22N2/c1-12-6-7-13(11-17)15(9-12)18-14-5-4-8-16(2,3)10-14/h6-7,9,14,18H,4-5,8,10H2,1-3H3. The molecule has 0 aromatic heterocycles. The van der Waals surface area contributed by atoms with Crippen molar-refractivity contribution in [2.24, 2.45) is 5.41 Å². The molecule has 1 N–H and O–H groups in total. The van der Waals surface area contributed by atoms with Gasteiger partial charge in [-0.15, -0.1) is 0 Å². The van der Waals surface area contributed by atoms with Crippen LogP contribution in [0.15, 0.2) is 18.2 Å². The summed E-state index contributed by atoms with van der Waals surface area (Å²) in [5.74, 6) is 0. The van der Waals surface area contributed by atoms with Crippen LogP contribution in [0.2, 0.25) is 0 Å². The number of hydrogen-bond donors (Lipinski definition) is 1. The first-order chi connectivity index (χ1) is 8.50. The largest absolute Gasteiger partial charge is 0.381 e. The maximum absolute atomic E-state index is 9.15. The first-order valence-electron chi connectivity index (χ1n) is 6.77. The third-order valence-electron chi connectivity index (χ3n) is 3.86. The summed E-state index contributed by atoms with van der Waals surface area (Å²) in [6, 6.07) is 8.76. The molecule has 0 radical (unpaired) electrons. The molecule has 96 valence electrons. The predicted molar refractivity (Wildman–Crippen MR) is 75.6 cm³/mol. The Balaban J connectivity index is 2.14. The molecule has 1 aromatic carbocycles. The summed E-state index contributed by atoms with van der Waals surface area (Å²) in [4.78, 5) is 0. The summed E-state index contributed by atoms with van der Waals surface area (Å²) in [6.45, 7) is 6.74. The molecule has 18 heavy (non-hydrogen) atoms. The molecule has 2 rings (SSSR count). The summed E-state index contributed by atoms with van der Waals surface area (Å²) >= 11 is 0. The molecule has 1 atom stereocenters. The fourth-order valence-electron chi connectivity index (χ4n) is 2.92. The van der Waals surface area contributed by atoms with Gasteiger partial charge in [-0.1, -0.05) is 26.3 Å².